The molecule has 0 saturated heterocycles. The minimum absolute atomic E-state index is 0.747. The van der Waals surface area contributed by atoms with E-state index in [0.29, 0.717) is 0 Å². The Morgan fingerprint density at radius 3 is 3.06 bits per heavy atom. The van der Waals surface area contributed by atoms with Gasteiger partial charge >= 0.3 is 0 Å². The highest BCUT2D eigenvalue weighted by atomic mass is 79.9. The van der Waals surface area contributed by atoms with E-state index in [1.54, 1.807) is 11.3 Å². The number of halogens is 1. The summed E-state index contributed by atoms with van der Waals surface area (Å²) in [6.07, 6.45) is 2.65. The molecule has 0 aliphatic heterocycles. The Morgan fingerprint density at radius 1 is 1.50 bits per heavy atom. The molecule has 1 aliphatic rings. The summed E-state index contributed by atoms with van der Waals surface area (Å²) >= 11 is 5.37. The standard InChI is InChI=1S/C12H13BrN2S/c1-7-4-9(13)12-10(5-7)16-11(15-12)6-14-8-2-3-8/h4-5,8,14H,2-3,6H2,1H3. The highest BCUT2D eigenvalue weighted by Gasteiger charge is 2.20. The van der Waals surface area contributed by atoms with Crippen molar-refractivity contribution in [3.63, 3.8) is 0 Å². The van der Waals surface area contributed by atoms with E-state index in [9.17, 15) is 0 Å². The Hall–Kier alpha value is -0.450. The molecule has 0 amide bonds. The number of rotatable bonds is 3. The lowest BCUT2D eigenvalue weighted by Crippen LogP contribution is -2.14. The molecule has 2 nitrogen and oxygen atoms in total. The smallest absolute Gasteiger partial charge is 0.108 e. The summed E-state index contributed by atoms with van der Waals surface area (Å²) in [5, 5.41) is 4.69. The molecule has 1 aliphatic carbocycles. The summed E-state index contributed by atoms with van der Waals surface area (Å²) < 4.78 is 2.39. The van der Waals surface area contributed by atoms with E-state index in [1.807, 2.05) is 0 Å². The summed E-state index contributed by atoms with van der Waals surface area (Å²) in [5.41, 5.74) is 2.38. The Kier molecular flexibility index (Phi) is 2.73. The number of thiazole rings is 1. The molecular weight excluding hydrogens is 284 g/mol. The van der Waals surface area contributed by atoms with E-state index in [0.717, 1.165) is 22.6 Å². The third-order valence-corrected chi connectivity index (χ3v) is 4.36. The van der Waals surface area contributed by atoms with E-state index in [1.165, 1.54) is 28.1 Å². The first kappa shape index (κ1) is 10.7. The summed E-state index contributed by atoms with van der Waals surface area (Å²) in [7, 11) is 0. The zero-order chi connectivity index (χ0) is 11.1. The average molecular weight is 297 g/mol. The Balaban J connectivity index is 1.91. The molecule has 0 unspecified atom stereocenters. The maximum absolute atomic E-state index is 4.66. The van der Waals surface area contributed by atoms with Crippen LogP contribution in [0.2, 0.25) is 0 Å². The van der Waals surface area contributed by atoms with Gasteiger partial charge in [-0.25, -0.2) is 4.98 Å². The highest BCUT2D eigenvalue weighted by molar-refractivity contribution is 9.10. The third-order valence-electron chi connectivity index (χ3n) is 2.76. The third kappa shape index (κ3) is 2.14. The van der Waals surface area contributed by atoms with Gasteiger partial charge in [-0.1, -0.05) is 0 Å². The molecule has 0 spiro atoms. The molecule has 16 heavy (non-hydrogen) atoms. The van der Waals surface area contributed by atoms with Crippen molar-refractivity contribution >= 4 is 37.5 Å². The Morgan fingerprint density at radius 2 is 2.31 bits per heavy atom. The van der Waals surface area contributed by atoms with Gasteiger partial charge in [0.1, 0.15) is 5.01 Å². The second kappa shape index (κ2) is 4.09. The number of hydrogen-bond donors (Lipinski definition) is 1. The van der Waals surface area contributed by atoms with Crippen LogP contribution in [0.4, 0.5) is 0 Å². The molecule has 84 valence electrons. The van der Waals surface area contributed by atoms with Gasteiger partial charge in [0.05, 0.1) is 10.2 Å². The van der Waals surface area contributed by atoms with E-state index in [2.05, 4.69) is 45.3 Å². The largest absolute Gasteiger partial charge is 0.308 e. The predicted molar refractivity (Wildman–Crippen MR) is 71.9 cm³/mol. The maximum atomic E-state index is 4.66. The Labute approximate surface area is 107 Å². The van der Waals surface area contributed by atoms with Crippen LogP contribution in [-0.2, 0) is 6.54 Å². The van der Waals surface area contributed by atoms with Gasteiger partial charge in [-0.3, -0.25) is 0 Å². The van der Waals surface area contributed by atoms with Gasteiger partial charge in [-0.2, -0.15) is 0 Å². The molecule has 1 aromatic heterocycles. The fourth-order valence-corrected chi connectivity index (χ4v) is 3.60. The van der Waals surface area contributed by atoms with Crippen molar-refractivity contribution < 1.29 is 0 Å². The van der Waals surface area contributed by atoms with Crippen molar-refractivity contribution in [3.8, 4) is 0 Å². The van der Waals surface area contributed by atoms with Gasteiger partial charge in [0, 0.05) is 17.1 Å². The molecule has 1 fully saturated rings. The van der Waals surface area contributed by atoms with Gasteiger partial charge in [0.2, 0.25) is 0 Å². The zero-order valence-electron chi connectivity index (χ0n) is 9.09. The lowest BCUT2D eigenvalue weighted by atomic mass is 10.2. The first-order chi connectivity index (χ1) is 7.72. The van der Waals surface area contributed by atoms with Crippen LogP contribution >= 0.6 is 27.3 Å². The van der Waals surface area contributed by atoms with Gasteiger partial charge in [0.25, 0.3) is 0 Å². The number of benzene rings is 1. The number of aromatic nitrogens is 1. The van der Waals surface area contributed by atoms with Crippen molar-refractivity contribution in [2.75, 3.05) is 0 Å². The molecule has 3 rings (SSSR count). The molecule has 1 saturated carbocycles. The minimum Gasteiger partial charge on any atom is -0.308 e. The van der Waals surface area contributed by atoms with E-state index in [4.69, 9.17) is 0 Å². The van der Waals surface area contributed by atoms with Crippen molar-refractivity contribution in [3.05, 3.63) is 27.2 Å². The number of aryl methyl sites for hydroxylation is 1. The molecule has 4 heteroatoms. The molecule has 1 heterocycles. The fourth-order valence-electron chi connectivity index (χ4n) is 1.76. The second-order valence-electron chi connectivity index (χ2n) is 4.36. The van der Waals surface area contributed by atoms with Crippen molar-refractivity contribution in [1.29, 1.82) is 0 Å². The topological polar surface area (TPSA) is 24.9 Å². The van der Waals surface area contributed by atoms with Crippen LogP contribution in [0.25, 0.3) is 10.2 Å². The minimum atomic E-state index is 0.747. The molecule has 0 radical (unpaired) electrons. The van der Waals surface area contributed by atoms with Crippen LogP contribution in [0.5, 0.6) is 0 Å². The van der Waals surface area contributed by atoms with Crippen LogP contribution in [0.3, 0.4) is 0 Å². The lowest BCUT2D eigenvalue weighted by molar-refractivity contribution is 0.685. The normalized spacial score (nSPS) is 15.9. The highest BCUT2D eigenvalue weighted by Crippen LogP contribution is 2.30. The van der Waals surface area contributed by atoms with Gasteiger partial charge < -0.3 is 5.32 Å². The molecule has 1 N–H and O–H groups in total. The summed E-state index contributed by atoms with van der Waals surface area (Å²) in [6.45, 7) is 3.03. The van der Waals surface area contributed by atoms with Gasteiger partial charge in [-0.05, 0) is 53.4 Å². The maximum Gasteiger partial charge on any atom is 0.108 e. The molecule has 2 aromatic rings. The lowest BCUT2D eigenvalue weighted by Gasteiger charge is -1.96. The van der Waals surface area contributed by atoms with E-state index >= 15 is 0 Å². The van der Waals surface area contributed by atoms with Crippen LogP contribution in [0.1, 0.15) is 23.4 Å². The number of hydrogen-bond acceptors (Lipinski definition) is 3. The van der Waals surface area contributed by atoms with Crippen LogP contribution in [0, 0.1) is 6.92 Å². The quantitative estimate of drug-likeness (QED) is 0.936. The fraction of sp³-hybridized carbons (Fsp3) is 0.417. The Bertz CT molecular complexity index is 531. The van der Waals surface area contributed by atoms with Crippen LogP contribution < -0.4 is 5.32 Å². The van der Waals surface area contributed by atoms with Crippen molar-refractivity contribution in [1.82, 2.24) is 10.3 Å². The summed E-state index contributed by atoms with van der Waals surface area (Å²) in [4.78, 5) is 4.66. The van der Waals surface area contributed by atoms with Crippen molar-refractivity contribution in [2.24, 2.45) is 0 Å². The zero-order valence-corrected chi connectivity index (χ0v) is 11.5. The van der Waals surface area contributed by atoms with Crippen molar-refractivity contribution in [2.45, 2.75) is 32.4 Å². The van der Waals surface area contributed by atoms with Crippen LogP contribution in [0.15, 0.2) is 16.6 Å². The monoisotopic (exact) mass is 296 g/mol. The van der Waals surface area contributed by atoms with Crippen LogP contribution in [-0.4, -0.2) is 11.0 Å². The number of nitrogens with one attached hydrogen (secondary N) is 1. The molecular formula is C12H13BrN2S. The molecule has 0 bridgehead atoms. The van der Waals surface area contributed by atoms with E-state index in [-0.39, 0.29) is 0 Å². The number of fused-ring (bicyclic) bond motifs is 1. The first-order valence-corrected chi connectivity index (χ1v) is 7.12. The first-order valence-electron chi connectivity index (χ1n) is 5.51. The predicted octanol–water partition coefficient (Wildman–Crippen LogP) is 3.62. The SMILES string of the molecule is Cc1cc(Br)c2nc(CNC3CC3)sc2c1. The molecule has 1 aromatic carbocycles. The van der Waals surface area contributed by atoms with Gasteiger partial charge in [-0.15, -0.1) is 11.3 Å². The average Bonchev–Trinajstić information content (AvgIpc) is 2.96. The second-order valence-corrected chi connectivity index (χ2v) is 6.33. The van der Waals surface area contributed by atoms with Gasteiger partial charge in [0.15, 0.2) is 0 Å². The number of nitrogens with zero attached hydrogens (tertiary/aromatic N) is 1. The van der Waals surface area contributed by atoms with E-state index < -0.39 is 0 Å². The molecule has 0 atom stereocenters. The summed E-state index contributed by atoms with van der Waals surface area (Å²) in [6, 6.07) is 5.08. The summed E-state index contributed by atoms with van der Waals surface area (Å²) in [5.74, 6) is 0.